The number of rotatable bonds is 4. The Labute approximate surface area is 79.8 Å². The van der Waals surface area contributed by atoms with Gasteiger partial charge in [0.15, 0.2) is 0 Å². The lowest BCUT2D eigenvalue weighted by Gasteiger charge is -2.18. The molecule has 1 aliphatic heterocycles. The average Bonchev–Trinajstić information content (AvgIpc) is 2.56. The molecule has 0 aliphatic carbocycles. The molecule has 1 heterocycles. The second-order valence-electron chi connectivity index (χ2n) is 3.52. The fraction of sp³-hybridized carbons (Fsp3) is 0.800. The molecule has 0 bridgehead atoms. The van der Waals surface area contributed by atoms with E-state index in [1.54, 1.807) is 0 Å². The summed E-state index contributed by atoms with van der Waals surface area (Å²) < 4.78 is 0. The van der Waals surface area contributed by atoms with Gasteiger partial charge in [0, 0.05) is 11.3 Å². The summed E-state index contributed by atoms with van der Waals surface area (Å²) in [5.41, 5.74) is 7.37. The third-order valence-electron chi connectivity index (χ3n) is 2.47. The Morgan fingerprint density at radius 1 is 1.75 bits per heavy atom. The summed E-state index contributed by atoms with van der Waals surface area (Å²) in [6.07, 6.45) is 4.75. The van der Waals surface area contributed by atoms with Crippen LogP contribution in [0.1, 0.15) is 32.6 Å². The quantitative estimate of drug-likeness (QED) is 0.681. The maximum atomic E-state index is 6.07. The minimum absolute atomic E-state index is 0.352. The first kappa shape index (κ1) is 10.1. The van der Waals surface area contributed by atoms with Gasteiger partial charge in [-0.3, -0.25) is 0 Å². The van der Waals surface area contributed by atoms with Crippen molar-refractivity contribution in [2.24, 2.45) is 5.73 Å². The summed E-state index contributed by atoms with van der Waals surface area (Å²) in [6, 6.07) is 0.352. The van der Waals surface area contributed by atoms with E-state index in [1.807, 2.05) is 11.8 Å². The highest BCUT2D eigenvalue weighted by atomic mass is 32.2. The van der Waals surface area contributed by atoms with Crippen LogP contribution in [0.25, 0.3) is 0 Å². The Balaban J connectivity index is 2.26. The molecule has 2 atom stereocenters. The second-order valence-corrected chi connectivity index (χ2v) is 4.87. The highest BCUT2D eigenvalue weighted by Crippen LogP contribution is 2.30. The van der Waals surface area contributed by atoms with Crippen LogP contribution in [0.5, 0.6) is 0 Å². The molecular weight excluding hydrogens is 166 g/mol. The monoisotopic (exact) mass is 185 g/mol. The van der Waals surface area contributed by atoms with E-state index < -0.39 is 0 Å². The molecule has 2 N–H and O–H groups in total. The smallest absolute Gasteiger partial charge is 0.0202 e. The van der Waals surface area contributed by atoms with E-state index >= 15 is 0 Å². The van der Waals surface area contributed by atoms with Crippen LogP contribution in [0.3, 0.4) is 0 Å². The van der Waals surface area contributed by atoms with Crippen molar-refractivity contribution in [3.8, 4) is 0 Å². The van der Waals surface area contributed by atoms with Crippen molar-refractivity contribution in [2.45, 2.75) is 43.9 Å². The molecule has 70 valence electrons. The Bertz CT molecular complexity index is 150. The maximum Gasteiger partial charge on any atom is 0.0202 e. The van der Waals surface area contributed by atoms with Gasteiger partial charge in [0.1, 0.15) is 0 Å². The maximum absolute atomic E-state index is 6.07. The molecule has 0 radical (unpaired) electrons. The number of thioether (sulfide) groups is 1. The molecule has 0 amide bonds. The lowest BCUT2D eigenvalue weighted by atomic mass is 10.0. The van der Waals surface area contributed by atoms with E-state index in [4.69, 9.17) is 5.73 Å². The lowest BCUT2D eigenvalue weighted by molar-refractivity contribution is 0.600. The van der Waals surface area contributed by atoms with E-state index in [-0.39, 0.29) is 0 Å². The van der Waals surface area contributed by atoms with Crippen molar-refractivity contribution >= 4 is 11.8 Å². The summed E-state index contributed by atoms with van der Waals surface area (Å²) in [4.78, 5) is 0. The fourth-order valence-electron chi connectivity index (χ4n) is 1.55. The van der Waals surface area contributed by atoms with Gasteiger partial charge < -0.3 is 5.73 Å². The Morgan fingerprint density at radius 3 is 3.00 bits per heavy atom. The Morgan fingerprint density at radius 2 is 2.50 bits per heavy atom. The van der Waals surface area contributed by atoms with Crippen molar-refractivity contribution in [1.82, 2.24) is 0 Å². The van der Waals surface area contributed by atoms with Crippen molar-refractivity contribution < 1.29 is 0 Å². The first-order valence-electron chi connectivity index (χ1n) is 4.78. The van der Waals surface area contributed by atoms with Gasteiger partial charge in [0.25, 0.3) is 0 Å². The molecule has 1 saturated heterocycles. The molecule has 12 heavy (non-hydrogen) atoms. The van der Waals surface area contributed by atoms with E-state index in [2.05, 4.69) is 13.5 Å². The van der Waals surface area contributed by atoms with Crippen LogP contribution >= 0.6 is 11.8 Å². The van der Waals surface area contributed by atoms with Gasteiger partial charge in [-0.2, -0.15) is 11.8 Å². The van der Waals surface area contributed by atoms with Crippen LogP contribution < -0.4 is 5.73 Å². The number of hydrogen-bond acceptors (Lipinski definition) is 2. The van der Waals surface area contributed by atoms with E-state index in [0.29, 0.717) is 11.3 Å². The topological polar surface area (TPSA) is 26.0 Å². The standard InChI is InChI=1S/C10H19NS/c1-3-8(2)7-9(11)10-5-4-6-12-10/h9-10H,2-7,11H2,1H3. The van der Waals surface area contributed by atoms with Crippen molar-refractivity contribution in [2.75, 3.05) is 5.75 Å². The summed E-state index contributed by atoms with van der Waals surface area (Å²) in [5, 5.41) is 0.702. The minimum Gasteiger partial charge on any atom is -0.326 e. The Kier molecular flexibility index (Phi) is 4.16. The van der Waals surface area contributed by atoms with Crippen LogP contribution in [0.15, 0.2) is 12.2 Å². The second kappa shape index (κ2) is 4.93. The molecule has 0 aromatic carbocycles. The molecule has 1 nitrogen and oxygen atoms in total. The zero-order valence-electron chi connectivity index (χ0n) is 7.88. The summed E-state index contributed by atoms with van der Waals surface area (Å²) in [7, 11) is 0. The largest absolute Gasteiger partial charge is 0.326 e. The minimum atomic E-state index is 0.352. The zero-order valence-corrected chi connectivity index (χ0v) is 8.70. The van der Waals surface area contributed by atoms with Crippen LogP contribution in [0.2, 0.25) is 0 Å². The number of nitrogens with two attached hydrogens (primary N) is 1. The van der Waals surface area contributed by atoms with Gasteiger partial charge in [0.05, 0.1) is 0 Å². The summed E-state index contributed by atoms with van der Waals surface area (Å²) in [5.74, 6) is 1.30. The molecule has 1 rings (SSSR count). The van der Waals surface area contributed by atoms with E-state index in [9.17, 15) is 0 Å². The highest BCUT2D eigenvalue weighted by molar-refractivity contribution is 8.00. The van der Waals surface area contributed by atoms with Gasteiger partial charge in [-0.1, -0.05) is 19.1 Å². The van der Waals surface area contributed by atoms with Crippen LogP contribution in [0, 0.1) is 0 Å². The first-order chi connectivity index (χ1) is 5.74. The van der Waals surface area contributed by atoms with Gasteiger partial charge in [0.2, 0.25) is 0 Å². The summed E-state index contributed by atoms with van der Waals surface area (Å²) >= 11 is 2.04. The third-order valence-corrected chi connectivity index (χ3v) is 4.00. The molecule has 0 spiro atoms. The van der Waals surface area contributed by atoms with Gasteiger partial charge in [-0.25, -0.2) is 0 Å². The molecule has 1 aliphatic rings. The lowest BCUT2D eigenvalue weighted by Crippen LogP contribution is -2.31. The predicted molar refractivity (Wildman–Crippen MR) is 57.5 cm³/mol. The van der Waals surface area contributed by atoms with Crippen LogP contribution in [-0.2, 0) is 0 Å². The molecular formula is C10H19NS. The van der Waals surface area contributed by atoms with Crippen LogP contribution in [-0.4, -0.2) is 17.0 Å². The average molecular weight is 185 g/mol. The van der Waals surface area contributed by atoms with Gasteiger partial charge >= 0.3 is 0 Å². The molecule has 2 heteroatoms. The molecule has 0 aromatic rings. The van der Waals surface area contributed by atoms with Crippen molar-refractivity contribution in [3.05, 3.63) is 12.2 Å². The van der Waals surface area contributed by atoms with Crippen molar-refractivity contribution in [1.29, 1.82) is 0 Å². The molecule has 0 aromatic heterocycles. The van der Waals surface area contributed by atoms with E-state index in [0.717, 1.165) is 12.8 Å². The normalized spacial score (nSPS) is 25.7. The zero-order chi connectivity index (χ0) is 8.97. The summed E-state index contributed by atoms with van der Waals surface area (Å²) in [6.45, 7) is 6.14. The number of hydrogen-bond donors (Lipinski definition) is 1. The Hall–Kier alpha value is 0.0500. The first-order valence-corrected chi connectivity index (χ1v) is 5.82. The molecule has 0 saturated carbocycles. The molecule has 2 unspecified atom stereocenters. The van der Waals surface area contributed by atoms with Gasteiger partial charge in [-0.05, 0) is 31.4 Å². The highest BCUT2D eigenvalue weighted by Gasteiger charge is 2.22. The van der Waals surface area contributed by atoms with Gasteiger partial charge in [-0.15, -0.1) is 0 Å². The molecule has 1 fully saturated rings. The third kappa shape index (κ3) is 2.83. The predicted octanol–water partition coefficient (Wildman–Crippen LogP) is 2.57. The van der Waals surface area contributed by atoms with Crippen molar-refractivity contribution in [3.63, 3.8) is 0 Å². The SMILES string of the molecule is C=C(CC)CC(N)C1CCCS1. The van der Waals surface area contributed by atoms with E-state index in [1.165, 1.54) is 24.2 Å². The van der Waals surface area contributed by atoms with Crippen LogP contribution in [0.4, 0.5) is 0 Å². The fourth-order valence-corrected chi connectivity index (χ4v) is 2.86.